The largest absolute Gasteiger partial charge is 0.494 e. The number of carbonyl (C=O) groups is 1. The highest BCUT2D eigenvalue weighted by molar-refractivity contribution is 7.21. The number of carbonyl (C=O) groups excluding carboxylic acids is 1. The summed E-state index contributed by atoms with van der Waals surface area (Å²) in [5.41, 5.74) is 7.52. The summed E-state index contributed by atoms with van der Waals surface area (Å²) in [6, 6.07) is 7.69. The van der Waals surface area contributed by atoms with Crippen LogP contribution >= 0.6 is 22.7 Å². The number of thiophene rings is 1. The van der Waals surface area contributed by atoms with Gasteiger partial charge in [0, 0.05) is 21.8 Å². The lowest BCUT2D eigenvalue weighted by molar-refractivity contribution is 0.103. The summed E-state index contributed by atoms with van der Waals surface area (Å²) in [5, 5.41) is 5.06. The van der Waals surface area contributed by atoms with Gasteiger partial charge in [-0.25, -0.2) is 9.97 Å². The van der Waals surface area contributed by atoms with E-state index < -0.39 is 0 Å². The fourth-order valence-electron chi connectivity index (χ4n) is 2.67. The van der Waals surface area contributed by atoms with Crippen LogP contribution in [0.15, 0.2) is 30.5 Å². The minimum atomic E-state index is -0.265. The predicted molar refractivity (Wildman–Crippen MR) is 108 cm³/mol. The van der Waals surface area contributed by atoms with Crippen molar-refractivity contribution in [2.45, 2.75) is 13.8 Å². The van der Waals surface area contributed by atoms with Crippen molar-refractivity contribution in [1.82, 2.24) is 9.97 Å². The minimum absolute atomic E-state index is 0.265. The summed E-state index contributed by atoms with van der Waals surface area (Å²) in [6.07, 6.45) is 1.72. The van der Waals surface area contributed by atoms with Crippen molar-refractivity contribution >= 4 is 60.5 Å². The van der Waals surface area contributed by atoms with Gasteiger partial charge in [-0.3, -0.25) is 10.1 Å². The molecule has 0 aliphatic carbocycles. The lowest BCUT2D eigenvalue weighted by Crippen LogP contribution is -2.11. The van der Waals surface area contributed by atoms with Gasteiger partial charge in [-0.05, 0) is 38.1 Å². The van der Waals surface area contributed by atoms with Crippen molar-refractivity contribution in [3.8, 4) is 5.75 Å². The summed E-state index contributed by atoms with van der Waals surface area (Å²) < 4.78 is 5.54. The molecular formula is C18H16N4O2S2. The number of aromatic nitrogens is 2. The first kappa shape index (κ1) is 16.7. The van der Waals surface area contributed by atoms with Crippen molar-refractivity contribution in [1.29, 1.82) is 0 Å². The third kappa shape index (κ3) is 2.97. The second kappa shape index (κ2) is 6.54. The molecule has 0 spiro atoms. The Morgan fingerprint density at radius 2 is 2.15 bits per heavy atom. The topological polar surface area (TPSA) is 90.1 Å². The Bertz CT molecular complexity index is 1130. The summed E-state index contributed by atoms with van der Waals surface area (Å²) in [5.74, 6) is 0.519. The van der Waals surface area contributed by atoms with Crippen LogP contribution in [0.4, 0.5) is 10.8 Å². The second-order valence-corrected chi connectivity index (χ2v) is 7.94. The molecule has 0 radical (unpaired) electrons. The van der Waals surface area contributed by atoms with Crippen LogP contribution in [-0.2, 0) is 0 Å². The van der Waals surface area contributed by atoms with Crippen LogP contribution in [0.1, 0.15) is 21.5 Å². The number of nitrogen functional groups attached to an aromatic ring is 1. The third-order valence-corrected chi connectivity index (χ3v) is 5.79. The highest BCUT2D eigenvalue weighted by Crippen LogP contribution is 2.35. The van der Waals surface area contributed by atoms with Gasteiger partial charge < -0.3 is 10.5 Å². The number of pyridine rings is 1. The van der Waals surface area contributed by atoms with E-state index in [1.165, 1.54) is 22.7 Å². The number of amides is 1. The number of thiazole rings is 1. The maximum Gasteiger partial charge on any atom is 0.269 e. The monoisotopic (exact) mass is 384 g/mol. The van der Waals surface area contributed by atoms with E-state index in [9.17, 15) is 4.79 Å². The fourth-order valence-corrected chi connectivity index (χ4v) is 4.31. The number of rotatable bonds is 4. The number of nitrogens with zero attached hydrogens (tertiary/aromatic N) is 2. The first-order valence-electron chi connectivity index (χ1n) is 8.04. The molecule has 0 unspecified atom stereocenters. The Morgan fingerprint density at radius 1 is 1.31 bits per heavy atom. The Morgan fingerprint density at radius 3 is 2.88 bits per heavy atom. The highest BCUT2D eigenvalue weighted by atomic mass is 32.1. The Kier molecular flexibility index (Phi) is 4.21. The zero-order chi connectivity index (χ0) is 18.3. The van der Waals surface area contributed by atoms with E-state index in [0.717, 1.165) is 31.7 Å². The van der Waals surface area contributed by atoms with Gasteiger partial charge >= 0.3 is 0 Å². The standard InChI is InChI=1S/C18H16N4O2S2/c1-3-24-11-4-5-13-10(6-11)7-12-14(19)15(26-17(12)21-13)16(23)22-18-20-8-9(2)25-18/h4-8H,3,19H2,1-2H3,(H,20,22,23). The van der Waals surface area contributed by atoms with Crippen LogP contribution in [0.3, 0.4) is 0 Å². The molecule has 1 aromatic carbocycles. The molecule has 0 fully saturated rings. The molecule has 3 N–H and O–H groups in total. The predicted octanol–water partition coefficient (Wildman–Crippen LogP) is 4.45. The second-order valence-electron chi connectivity index (χ2n) is 5.70. The molecule has 0 bridgehead atoms. The SMILES string of the molecule is CCOc1ccc2nc3sc(C(=O)Nc4ncc(C)s4)c(N)c3cc2c1. The van der Waals surface area contributed by atoms with E-state index in [4.69, 9.17) is 10.5 Å². The lowest BCUT2D eigenvalue weighted by atomic mass is 10.1. The van der Waals surface area contributed by atoms with Crippen LogP contribution in [0.5, 0.6) is 5.75 Å². The van der Waals surface area contributed by atoms with Crippen LogP contribution in [0.2, 0.25) is 0 Å². The number of benzene rings is 1. The van der Waals surface area contributed by atoms with Gasteiger partial charge in [0.1, 0.15) is 15.5 Å². The molecule has 0 saturated carbocycles. The van der Waals surface area contributed by atoms with E-state index in [2.05, 4.69) is 15.3 Å². The van der Waals surface area contributed by atoms with Gasteiger partial charge in [-0.2, -0.15) is 0 Å². The van der Waals surface area contributed by atoms with Crippen molar-refractivity contribution in [3.63, 3.8) is 0 Å². The van der Waals surface area contributed by atoms with Gasteiger partial charge in [0.2, 0.25) is 0 Å². The molecule has 1 amide bonds. The third-order valence-electron chi connectivity index (χ3n) is 3.84. The van der Waals surface area contributed by atoms with Crippen LogP contribution in [-0.4, -0.2) is 22.5 Å². The van der Waals surface area contributed by atoms with Gasteiger partial charge in [-0.1, -0.05) is 0 Å². The smallest absolute Gasteiger partial charge is 0.269 e. The number of hydrogen-bond donors (Lipinski definition) is 2. The molecule has 3 aromatic heterocycles. The van der Waals surface area contributed by atoms with Crippen LogP contribution < -0.4 is 15.8 Å². The normalized spacial score (nSPS) is 11.2. The van der Waals surface area contributed by atoms with Crippen molar-refractivity contribution < 1.29 is 9.53 Å². The first-order valence-corrected chi connectivity index (χ1v) is 9.68. The number of hydrogen-bond acceptors (Lipinski definition) is 7. The van der Waals surface area contributed by atoms with Crippen LogP contribution in [0, 0.1) is 6.92 Å². The number of aryl methyl sites for hydroxylation is 1. The van der Waals surface area contributed by atoms with Crippen molar-refractivity contribution in [2.75, 3.05) is 17.7 Å². The molecule has 132 valence electrons. The first-order chi connectivity index (χ1) is 12.5. The van der Waals surface area contributed by atoms with Gasteiger partial charge in [0.25, 0.3) is 5.91 Å². The molecule has 26 heavy (non-hydrogen) atoms. The van der Waals surface area contributed by atoms with E-state index in [1.807, 2.05) is 38.1 Å². The number of anilines is 2. The number of ether oxygens (including phenoxy) is 1. The molecule has 3 heterocycles. The maximum atomic E-state index is 12.6. The summed E-state index contributed by atoms with van der Waals surface area (Å²) in [7, 11) is 0. The summed E-state index contributed by atoms with van der Waals surface area (Å²) >= 11 is 2.71. The molecule has 0 saturated heterocycles. The zero-order valence-corrected chi connectivity index (χ0v) is 15.8. The summed E-state index contributed by atoms with van der Waals surface area (Å²) in [4.78, 5) is 23.6. The number of nitrogens with two attached hydrogens (primary N) is 1. The molecule has 8 heteroatoms. The van der Waals surface area contributed by atoms with Gasteiger partial charge in [-0.15, -0.1) is 22.7 Å². The Balaban J connectivity index is 1.75. The lowest BCUT2D eigenvalue weighted by Gasteiger charge is -2.04. The van der Waals surface area contributed by atoms with E-state index in [1.54, 1.807) is 6.20 Å². The molecule has 4 rings (SSSR count). The van der Waals surface area contributed by atoms with E-state index in [0.29, 0.717) is 22.3 Å². The summed E-state index contributed by atoms with van der Waals surface area (Å²) in [6.45, 7) is 4.48. The molecule has 4 aromatic rings. The molecule has 6 nitrogen and oxygen atoms in total. The van der Waals surface area contributed by atoms with E-state index >= 15 is 0 Å². The molecule has 0 aliphatic rings. The minimum Gasteiger partial charge on any atom is -0.494 e. The molecule has 0 aliphatic heterocycles. The number of fused-ring (bicyclic) bond motifs is 2. The average molecular weight is 384 g/mol. The molecule has 0 atom stereocenters. The van der Waals surface area contributed by atoms with Crippen LogP contribution in [0.25, 0.3) is 21.1 Å². The molecular weight excluding hydrogens is 368 g/mol. The van der Waals surface area contributed by atoms with Crippen molar-refractivity contribution in [3.05, 3.63) is 40.2 Å². The van der Waals surface area contributed by atoms with Gasteiger partial charge in [0.15, 0.2) is 5.13 Å². The average Bonchev–Trinajstić information content (AvgIpc) is 3.17. The van der Waals surface area contributed by atoms with Gasteiger partial charge in [0.05, 0.1) is 17.8 Å². The number of nitrogens with one attached hydrogen (secondary N) is 1. The van der Waals surface area contributed by atoms with Crippen molar-refractivity contribution in [2.24, 2.45) is 0 Å². The fraction of sp³-hybridized carbons (Fsp3) is 0.167. The maximum absolute atomic E-state index is 12.6. The zero-order valence-electron chi connectivity index (χ0n) is 14.2. The Labute approximate surface area is 157 Å². The van der Waals surface area contributed by atoms with E-state index in [-0.39, 0.29) is 5.91 Å². The highest BCUT2D eigenvalue weighted by Gasteiger charge is 2.19. The Hall–Kier alpha value is -2.71. The quantitative estimate of drug-likeness (QED) is 0.542.